The highest BCUT2D eigenvalue weighted by atomic mass is 16.6. The van der Waals surface area contributed by atoms with Crippen LogP contribution in [-0.2, 0) is 16.7 Å². The number of benzene rings is 1. The lowest BCUT2D eigenvalue weighted by Crippen LogP contribution is -2.32. The number of rotatable bonds is 6. The number of piperidine rings is 1. The van der Waals surface area contributed by atoms with E-state index in [1.807, 2.05) is 25.3 Å². The number of H-pyrrole nitrogens is 1. The van der Waals surface area contributed by atoms with Crippen molar-refractivity contribution in [3.63, 3.8) is 0 Å². The first-order valence-electron chi connectivity index (χ1n) is 12.0. The number of allylic oxidation sites excluding steroid dienone is 3. The third kappa shape index (κ3) is 4.34. The summed E-state index contributed by atoms with van der Waals surface area (Å²) in [5.41, 5.74) is 9.41. The average molecular weight is 459 g/mol. The van der Waals surface area contributed by atoms with Gasteiger partial charge >= 0.3 is 0 Å². The second-order valence-electron chi connectivity index (χ2n) is 9.95. The number of hydrogen-bond donors (Lipinski definition) is 2. The molecule has 0 bridgehead atoms. The van der Waals surface area contributed by atoms with Gasteiger partial charge in [-0.05, 0) is 75.5 Å². The van der Waals surface area contributed by atoms with Gasteiger partial charge in [-0.3, -0.25) is 15.1 Å². The number of carbonyl (C=O) groups is 1. The average Bonchev–Trinajstić information content (AvgIpc) is 3.26. The number of likely N-dealkylation sites (tertiary alicyclic amines) is 1. The number of hydrogen-bond acceptors (Lipinski definition) is 5. The normalized spacial score (nSPS) is 18.6. The molecule has 6 nitrogen and oxygen atoms in total. The maximum Gasteiger partial charge on any atom is 0.195 e. The van der Waals surface area contributed by atoms with Crippen LogP contribution in [0.5, 0.6) is 0 Å². The van der Waals surface area contributed by atoms with Crippen molar-refractivity contribution >= 4 is 17.5 Å². The number of fused-ring (bicyclic) bond motifs is 2. The number of aromatic nitrogens is 1. The van der Waals surface area contributed by atoms with E-state index in [1.165, 1.54) is 18.4 Å². The van der Waals surface area contributed by atoms with Crippen LogP contribution in [-0.4, -0.2) is 42.9 Å². The Bertz CT molecular complexity index is 1190. The Hall–Kier alpha value is -3.14. The maximum absolute atomic E-state index is 13.7. The number of nitrogens with one attached hydrogen (secondary N) is 2. The molecule has 178 valence electrons. The first kappa shape index (κ1) is 24.0. The predicted molar refractivity (Wildman–Crippen MR) is 136 cm³/mol. The predicted octanol–water partition coefficient (Wildman–Crippen LogP) is 5.23. The Balaban J connectivity index is 1.76. The Morgan fingerprint density at radius 2 is 2.09 bits per heavy atom. The van der Waals surface area contributed by atoms with Crippen molar-refractivity contribution in [1.29, 1.82) is 5.26 Å². The van der Waals surface area contributed by atoms with Gasteiger partial charge in [-0.2, -0.15) is 5.26 Å². The van der Waals surface area contributed by atoms with Crippen molar-refractivity contribution in [2.24, 2.45) is 5.92 Å². The molecule has 1 saturated heterocycles. The van der Waals surface area contributed by atoms with Gasteiger partial charge in [-0.1, -0.05) is 32.1 Å². The van der Waals surface area contributed by atoms with Gasteiger partial charge in [0.1, 0.15) is 0 Å². The van der Waals surface area contributed by atoms with Gasteiger partial charge in [0.15, 0.2) is 5.78 Å². The number of anilines is 1. The van der Waals surface area contributed by atoms with Crippen LogP contribution in [0.3, 0.4) is 0 Å². The molecule has 1 aliphatic carbocycles. The van der Waals surface area contributed by atoms with Gasteiger partial charge in [-0.25, -0.2) is 0 Å². The van der Waals surface area contributed by atoms with Gasteiger partial charge < -0.3 is 9.88 Å². The summed E-state index contributed by atoms with van der Waals surface area (Å²) in [7, 11) is 3.78. The minimum atomic E-state index is -0.365. The van der Waals surface area contributed by atoms with E-state index in [0.29, 0.717) is 22.6 Å². The summed E-state index contributed by atoms with van der Waals surface area (Å²) in [4.78, 5) is 24.8. The molecule has 1 aromatic heterocycles. The lowest BCUT2D eigenvalue weighted by atomic mass is 9.70. The Labute approximate surface area is 202 Å². The zero-order valence-corrected chi connectivity index (χ0v) is 20.8. The molecule has 34 heavy (non-hydrogen) atoms. The summed E-state index contributed by atoms with van der Waals surface area (Å²) in [6.07, 6.45) is 10.5. The van der Waals surface area contributed by atoms with Crippen LogP contribution in [0.25, 0.3) is 6.08 Å². The van der Waals surface area contributed by atoms with Crippen molar-refractivity contribution in [3.05, 3.63) is 69.6 Å². The second-order valence-corrected chi connectivity index (χ2v) is 9.95. The molecule has 2 aromatic rings. The molecule has 0 amide bonds. The van der Waals surface area contributed by atoms with Crippen LogP contribution in [0.2, 0.25) is 0 Å². The largest absolute Gasteiger partial charge is 0.363 e. The molecule has 2 N–H and O–H groups in total. The third-order valence-electron chi connectivity index (χ3n) is 7.37. The van der Waals surface area contributed by atoms with Crippen molar-refractivity contribution in [2.75, 3.05) is 32.7 Å². The molecule has 0 spiro atoms. The fraction of sp³-hybridized carbons (Fsp3) is 0.429. The molecule has 6 heteroatoms. The summed E-state index contributed by atoms with van der Waals surface area (Å²) < 4.78 is 0. The van der Waals surface area contributed by atoms with Gasteiger partial charge in [0, 0.05) is 34.0 Å². The molecule has 4 rings (SSSR count). The van der Waals surface area contributed by atoms with Crippen molar-refractivity contribution < 1.29 is 9.63 Å². The second kappa shape index (κ2) is 9.61. The Kier molecular flexibility index (Phi) is 6.79. The maximum atomic E-state index is 13.7. The molecule has 1 aliphatic heterocycles. The number of ketones is 1. The van der Waals surface area contributed by atoms with E-state index in [-0.39, 0.29) is 11.2 Å². The molecule has 1 aromatic carbocycles. The molecule has 2 aliphatic rings. The molecular formula is C28H34N4O2. The lowest BCUT2D eigenvalue weighted by Gasteiger charge is -2.34. The first-order valence-corrected chi connectivity index (χ1v) is 12.0. The third-order valence-corrected chi connectivity index (χ3v) is 7.37. The van der Waals surface area contributed by atoms with Crippen LogP contribution in [0.1, 0.15) is 71.9 Å². The zero-order chi connectivity index (χ0) is 24.5. The number of nitrogens with zero attached hydrogens (tertiary/aromatic N) is 2. The highest BCUT2D eigenvalue weighted by Gasteiger charge is 2.40. The van der Waals surface area contributed by atoms with E-state index in [2.05, 4.69) is 48.4 Å². The smallest absolute Gasteiger partial charge is 0.195 e. The van der Waals surface area contributed by atoms with E-state index in [0.717, 1.165) is 42.0 Å². The van der Waals surface area contributed by atoms with Crippen LogP contribution < -0.4 is 5.48 Å². The van der Waals surface area contributed by atoms with Crippen LogP contribution in [0.15, 0.2) is 36.1 Å². The van der Waals surface area contributed by atoms with Gasteiger partial charge in [0.25, 0.3) is 0 Å². The summed E-state index contributed by atoms with van der Waals surface area (Å²) in [5, 5.41) is 9.23. The van der Waals surface area contributed by atoms with E-state index in [4.69, 9.17) is 4.84 Å². The first-order chi connectivity index (χ1) is 16.3. The molecule has 1 fully saturated rings. The molecule has 0 saturated carbocycles. The summed E-state index contributed by atoms with van der Waals surface area (Å²) in [5.74, 6) is 0.613. The summed E-state index contributed by atoms with van der Waals surface area (Å²) in [6, 6.07) is 6.32. The Morgan fingerprint density at radius 1 is 1.35 bits per heavy atom. The highest BCUT2D eigenvalue weighted by Crippen LogP contribution is 2.44. The van der Waals surface area contributed by atoms with E-state index in [1.54, 1.807) is 19.3 Å². The van der Waals surface area contributed by atoms with Gasteiger partial charge in [0.2, 0.25) is 0 Å². The molecular weight excluding hydrogens is 424 g/mol. The number of carbonyl (C=O) groups excluding carboxylic acids is 1. The molecule has 0 unspecified atom stereocenters. The summed E-state index contributed by atoms with van der Waals surface area (Å²) >= 11 is 0. The fourth-order valence-corrected chi connectivity index (χ4v) is 5.26. The van der Waals surface area contributed by atoms with Crippen molar-refractivity contribution in [3.8, 4) is 6.07 Å². The number of nitriles is 1. The van der Waals surface area contributed by atoms with E-state index < -0.39 is 0 Å². The molecule has 0 radical (unpaired) electrons. The minimum Gasteiger partial charge on any atom is -0.363 e. The van der Waals surface area contributed by atoms with Gasteiger partial charge in [0.05, 0.1) is 24.4 Å². The minimum absolute atomic E-state index is 0.00537. The monoisotopic (exact) mass is 458 g/mol. The highest BCUT2D eigenvalue weighted by molar-refractivity contribution is 6.15. The topological polar surface area (TPSA) is 81.1 Å². The standard InChI is InChI=1S/C28H34N4O2/c1-6-18(16-29)7-8-20-17-30-27-25(20)26(33)22-15-24(31-34-5)21(14-23(22)28(27,2)3)13-19-9-11-32(4)12-10-19/h6-8,14-15,17,19,30-31H,9-13H2,1-5H3/b8-7-,18-6+. The molecule has 2 heterocycles. The molecule has 0 atom stereocenters. The quantitative estimate of drug-likeness (QED) is 0.352. The Morgan fingerprint density at radius 3 is 2.74 bits per heavy atom. The zero-order valence-electron chi connectivity index (χ0n) is 20.8. The summed E-state index contributed by atoms with van der Waals surface area (Å²) in [6.45, 7) is 8.39. The van der Waals surface area contributed by atoms with Crippen molar-refractivity contribution in [2.45, 2.75) is 45.4 Å². The van der Waals surface area contributed by atoms with E-state index in [9.17, 15) is 10.1 Å². The van der Waals surface area contributed by atoms with Crippen LogP contribution in [0, 0.1) is 17.2 Å². The van der Waals surface area contributed by atoms with Crippen LogP contribution in [0.4, 0.5) is 5.69 Å². The van der Waals surface area contributed by atoms with Crippen LogP contribution >= 0.6 is 0 Å². The fourth-order valence-electron chi connectivity index (χ4n) is 5.26. The van der Waals surface area contributed by atoms with E-state index >= 15 is 0 Å². The van der Waals surface area contributed by atoms with Crippen molar-refractivity contribution in [1.82, 2.24) is 9.88 Å². The lowest BCUT2D eigenvalue weighted by molar-refractivity contribution is 0.103. The SMILES string of the molecule is C/C=C(C#N)\C=C/c1c[nH]c2c1C(=O)c1cc(NOC)c(CC3CCN(C)CC3)cc1C2(C)C. The van der Waals surface area contributed by atoms with Gasteiger partial charge in [-0.15, -0.1) is 0 Å². The number of aromatic amines is 1.